The highest BCUT2D eigenvalue weighted by atomic mass is 35.5. The number of morpholine rings is 1. The number of carbonyl (C=O) groups excluding carboxylic acids is 1. The van der Waals surface area contributed by atoms with Gasteiger partial charge in [0.05, 0.1) is 18.1 Å². The number of halogens is 1. The Labute approximate surface area is 167 Å². The molecule has 0 aromatic heterocycles. The molecule has 3 rings (SSSR count). The molecule has 2 aliphatic rings. The lowest BCUT2D eigenvalue weighted by atomic mass is 9.99. The summed E-state index contributed by atoms with van der Waals surface area (Å²) < 4.78 is 33.3. The second kappa shape index (κ2) is 9.84. The molecule has 3 N–H and O–H groups in total. The highest BCUT2D eigenvalue weighted by molar-refractivity contribution is 7.89. The van der Waals surface area contributed by atoms with Crippen LogP contribution < -0.4 is 10.5 Å². The van der Waals surface area contributed by atoms with E-state index in [0.29, 0.717) is 37.8 Å². The Balaban J connectivity index is 0.00000261. The number of rotatable bonds is 6. The number of sulfonamides is 1. The fourth-order valence-electron chi connectivity index (χ4n) is 3.69. The summed E-state index contributed by atoms with van der Waals surface area (Å²) >= 11 is 0. The van der Waals surface area contributed by atoms with Crippen LogP contribution in [0.5, 0.6) is 0 Å². The van der Waals surface area contributed by atoms with Crippen LogP contribution in [-0.4, -0.2) is 58.1 Å². The first-order valence-electron chi connectivity index (χ1n) is 9.21. The number of nitrogens with two attached hydrogens (primary N) is 1. The van der Waals surface area contributed by atoms with Gasteiger partial charge in [0, 0.05) is 31.2 Å². The first-order valence-corrected chi connectivity index (χ1v) is 10.7. The molecule has 1 aliphatic carbocycles. The molecule has 1 heterocycles. The summed E-state index contributed by atoms with van der Waals surface area (Å²) in [5.74, 6) is 0.202. The quantitative estimate of drug-likeness (QED) is 0.727. The zero-order valence-electron chi connectivity index (χ0n) is 15.3. The topological polar surface area (TPSA) is 102 Å². The van der Waals surface area contributed by atoms with Crippen molar-refractivity contribution in [3.63, 3.8) is 0 Å². The van der Waals surface area contributed by atoms with Gasteiger partial charge in [-0.2, -0.15) is 0 Å². The van der Waals surface area contributed by atoms with Gasteiger partial charge in [0.25, 0.3) is 5.91 Å². The number of carbonyl (C=O) groups is 1. The van der Waals surface area contributed by atoms with E-state index in [1.807, 2.05) is 0 Å². The van der Waals surface area contributed by atoms with Crippen molar-refractivity contribution in [1.29, 1.82) is 0 Å². The van der Waals surface area contributed by atoms with Gasteiger partial charge in [0.1, 0.15) is 0 Å². The van der Waals surface area contributed by atoms with Gasteiger partial charge in [-0.15, -0.1) is 12.4 Å². The first kappa shape index (κ1) is 22.1. The number of nitrogens with zero attached hydrogens (tertiary/aromatic N) is 1. The average Bonchev–Trinajstić information content (AvgIpc) is 3.21. The lowest BCUT2D eigenvalue weighted by Crippen LogP contribution is -2.44. The molecule has 1 saturated carbocycles. The second-order valence-corrected chi connectivity index (χ2v) is 8.65. The molecule has 1 unspecified atom stereocenters. The summed E-state index contributed by atoms with van der Waals surface area (Å²) in [6.45, 7) is 2.46. The third-order valence-electron chi connectivity index (χ3n) is 5.24. The van der Waals surface area contributed by atoms with Crippen LogP contribution in [-0.2, 0) is 14.8 Å². The van der Waals surface area contributed by atoms with Crippen LogP contribution in [0.2, 0.25) is 0 Å². The van der Waals surface area contributed by atoms with Gasteiger partial charge in [-0.25, -0.2) is 13.1 Å². The third-order valence-corrected chi connectivity index (χ3v) is 6.75. The SMILES string of the molecule is Cl.NCC(NS(=O)(=O)c1ccc(C(=O)N2CCOCC2)cc1)C1CCCC1. The van der Waals surface area contributed by atoms with Gasteiger partial charge in [-0.05, 0) is 43.0 Å². The lowest BCUT2D eigenvalue weighted by Gasteiger charge is -2.27. The fourth-order valence-corrected chi connectivity index (χ4v) is 5.01. The van der Waals surface area contributed by atoms with E-state index in [2.05, 4.69) is 4.72 Å². The molecule has 1 saturated heterocycles. The number of amides is 1. The molecular weight excluding hydrogens is 390 g/mol. The number of nitrogens with one attached hydrogen (secondary N) is 1. The van der Waals surface area contributed by atoms with E-state index < -0.39 is 10.0 Å². The molecular formula is C18H28ClN3O4S. The Morgan fingerprint density at radius 1 is 1.19 bits per heavy atom. The maximum absolute atomic E-state index is 12.7. The van der Waals surface area contributed by atoms with Crippen molar-refractivity contribution in [2.75, 3.05) is 32.8 Å². The normalized spacial score (nSPS) is 19.5. The number of ether oxygens (including phenoxy) is 1. The zero-order valence-corrected chi connectivity index (χ0v) is 16.9. The third kappa shape index (κ3) is 5.42. The minimum Gasteiger partial charge on any atom is -0.378 e. The van der Waals surface area contributed by atoms with Gasteiger partial charge in [0.15, 0.2) is 0 Å². The average molecular weight is 418 g/mol. The van der Waals surface area contributed by atoms with Crippen molar-refractivity contribution in [3.8, 4) is 0 Å². The minimum absolute atomic E-state index is 0. The van der Waals surface area contributed by atoms with Gasteiger partial charge >= 0.3 is 0 Å². The van der Waals surface area contributed by atoms with Crippen LogP contribution in [0.4, 0.5) is 0 Å². The lowest BCUT2D eigenvalue weighted by molar-refractivity contribution is 0.0303. The smallest absolute Gasteiger partial charge is 0.254 e. The van der Waals surface area contributed by atoms with Crippen molar-refractivity contribution >= 4 is 28.3 Å². The molecule has 152 valence electrons. The predicted molar refractivity (Wildman–Crippen MR) is 106 cm³/mol. The van der Waals surface area contributed by atoms with Crippen LogP contribution in [0.15, 0.2) is 29.2 Å². The number of hydrogen-bond donors (Lipinski definition) is 2. The molecule has 1 aromatic rings. The maximum Gasteiger partial charge on any atom is 0.254 e. The van der Waals surface area contributed by atoms with E-state index in [-0.39, 0.29) is 35.8 Å². The van der Waals surface area contributed by atoms with E-state index in [1.54, 1.807) is 17.0 Å². The molecule has 1 aromatic carbocycles. The van der Waals surface area contributed by atoms with Gasteiger partial charge < -0.3 is 15.4 Å². The monoisotopic (exact) mass is 417 g/mol. The Bertz CT molecular complexity index is 715. The van der Waals surface area contributed by atoms with Crippen LogP contribution in [0.3, 0.4) is 0 Å². The summed E-state index contributed by atoms with van der Waals surface area (Å²) in [5, 5.41) is 0. The molecule has 1 atom stereocenters. The molecule has 7 nitrogen and oxygen atoms in total. The Kier molecular flexibility index (Phi) is 8.05. The van der Waals surface area contributed by atoms with Gasteiger partial charge in [-0.1, -0.05) is 12.8 Å². The molecule has 0 spiro atoms. The molecule has 1 aliphatic heterocycles. The van der Waals surface area contributed by atoms with Crippen LogP contribution in [0.1, 0.15) is 36.0 Å². The predicted octanol–water partition coefficient (Wildman–Crippen LogP) is 1.38. The molecule has 0 radical (unpaired) electrons. The van der Waals surface area contributed by atoms with E-state index in [9.17, 15) is 13.2 Å². The highest BCUT2D eigenvalue weighted by Gasteiger charge is 2.28. The molecule has 27 heavy (non-hydrogen) atoms. The summed E-state index contributed by atoms with van der Waals surface area (Å²) in [5.41, 5.74) is 6.28. The van der Waals surface area contributed by atoms with Crippen molar-refractivity contribution in [2.45, 2.75) is 36.6 Å². The van der Waals surface area contributed by atoms with Crippen LogP contribution >= 0.6 is 12.4 Å². The van der Waals surface area contributed by atoms with Gasteiger partial charge in [0.2, 0.25) is 10.0 Å². The van der Waals surface area contributed by atoms with Crippen molar-refractivity contribution < 1.29 is 17.9 Å². The molecule has 9 heteroatoms. The maximum atomic E-state index is 12.7. The van der Waals surface area contributed by atoms with Crippen LogP contribution in [0.25, 0.3) is 0 Å². The molecule has 0 bridgehead atoms. The largest absolute Gasteiger partial charge is 0.378 e. The molecule has 2 fully saturated rings. The van der Waals surface area contributed by atoms with Crippen molar-refractivity contribution in [2.24, 2.45) is 11.7 Å². The minimum atomic E-state index is -3.65. The highest BCUT2D eigenvalue weighted by Crippen LogP contribution is 2.28. The van der Waals surface area contributed by atoms with Crippen LogP contribution in [0, 0.1) is 5.92 Å². The van der Waals surface area contributed by atoms with Crippen molar-refractivity contribution in [3.05, 3.63) is 29.8 Å². The van der Waals surface area contributed by atoms with Gasteiger partial charge in [-0.3, -0.25) is 4.79 Å². The summed E-state index contributed by atoms with van der Waals surface area (Å²) in [6, 6.07) is 5.87. The first-order chi connectivity index (χ1) is 12.5. The Hall–Kier alpha value is -1.19. The molecule has 1 amide bonds. The summed E-state index contributed by atoms with van der Waals surface area (Å²) in [4.78, 5) is 14.3. The fraction of sp³-hybridized carbons (Fsp3) is 0.611. The summed E-state index contributed by atoms with van der Waals surface area (Å²) in [6.07, 6.45) is 4.28. The Morgan fingerprint density at radius 3 is 2.33 bits per heavy atom. The standard InChI is InChI=1S/C18H27N3O4S.ClH/c19-13-17(14-3-1-2-4-14)20-26(23,24)16-7-5-15(6-8-16)18(22)21-9-11-25-12-10-21;/h5-8,14,17,20H,1-4,9-13,19H2;1H. The number of benzene rings is 1. The van der Waals surface area contributed by atoms with E-state index in [4.69, 9.17) is 10.5 Å². The zero-order chi connectivity index (χ0) is 18.6. The van der Waals surface area contributed by atoms with E-state index in [1.165, 1.54) is 12.1 Å². The van der Waals surface area contributed by atoms with E-state index in [0.717, 1.165) is 25.7 Å². The number of hydrogen-bond acceptors (Lipinski definition) is 5. The second-order valence-electron chi connectivity index (χ2n) is 6.94. The van der Waals surface area contributed by atoms with Crippen molar-refractivity contribution in [1.82, 2.24) is 9.62 Å². The Morgan fingerprint density at radius 2 is 1.78 bits per heavy atom. The summed E-state index contributed by atoms with van der Waals surface area (Å²) in [7, 11) is -3.65. The van der Waals surface area contributed by atoms with E-state index >= 15 is 0 Å².